The summed E-state index contributed by atoms with van der Waals surface area (Å²) >= 11 is 0. The van der Waals surface area contributed by atoms with Crippen molar-refractivity contribution in [1.29, 1.82) is 0 Å². The molecule has 0 heterocycles. The number of methoxy groups -OCH3 is 1. The Hall–Kier alpha value is -2.49. The van der Waals surface area contributed by atoms with Gasteiger partial charge >= 0.3 is 0 Å². The Kier molecular flexibility index (Phi) is 7.50. The zero-order valence-electron chi connectivity index (χ0n) is 18.1. The van der Waals surface area contributed by atoms with Gasteiger partial charge in [0.05, 0.1) is 13.2 Å². The summed E-state index contributed by atoms with van der Waals surface area (Å²) in [6, 6.07) is 12.1. The first kappa shape index (κ1) is 21.8. The molecule has 0 unspecified atom stereocenters. The molecular weight excluding hydrogens is 350 g/mol. The first-order chi connectivity index (χ1) is 13.3. The Labute approximate surface area is 169 Å². The van der Waals surface area contributed by atoms with Crippen LogP contribution in [0, 0.1) is 13.8 Å². The Morgan fingerprint density at radius 3 is 2.32 bits per heavy atom. The molecule has 0 aromatic heterocycles. The number of amides is 1. The van der Waals surface area contributed by atoms with Gasteiger partial charge in [0, 0.05) is 0 Å². The highest BCUT2D eigenvalue weighted by atomic mass is 16.5. The molecule has 152 valence electrons. The van der Waals surface area contributed by atoms with Gasteiger partial charge in [-0.3, -0.25) is 4.79 Å². The number of hydrogen-bond acceptors (Lipinski definition) is 3. The lowest BCUT2D eigenvalue weighted by molar-refractivity contribution is -0.128. The van der Waals surface area contributed by atoms with Gasteiger partial charge in [-0.25, -0.2) is 0 Å². The van der Waals surface area contributed by atoms with Crippen LogP contribution in [-0.4, -0.2) is 19.1 Å². The summed E-state index contributed by atoms with van der Waals surface area (Å²) in [5, 5.41) is 3.13. The van der Waals surface area contributed by atoms with E-state index in [0.717, 1.165) is 40.2 Å². The second-order valence-corrected chi connectivity index (χ2v) is 7.65. The van der Waals surface area contributed by atoms with Crippen LogP contribution >= 0.6 is 0 Å². The molecule has 0 fully saturated rings. The van der Waals surface area contributed by atoms with Crippen LogP contribution in [0.5, 0.6) is 11.5 Å². The third kappa shape index (κ3) is 5.28. The molecule has 0 bridgehead atoms. The number of hydrogen-bond donors (Lipinski definition) is 1. The number of carbonyl (C=O) groups excluding carboxylic acids is 1. The molecule has 0 aliphatic heterocycles. The predicted molar refractivity (Wildman–Crippen MR) is 114 cm³/mol. The smallest absolute Gasteiger partial charge is 0.261 e. The second-order valence-electron chi connectivity index (χ2n) is 7.65. The van der Waals surface area contributed by atoms with Gasteiger partial charge < -0.3 is 14.8 Å². The molecule has 28 heavy (non-hydrogen) atoms. The van der Waals surface area contributed by atoms with Crippen LogP contribution in [0.4, 0.5) is 0 Å². The van der Waals surface area contributed by atoms with Crippen LogP contribution < -0.4 is 14.8 Å². The number of nitrogens with one attached hydrogen (secondary N) is 1. The lowest BCUT2D eigenvalue weighted by Gasteiger charge is -2.23. The monoisotopic (exact) mass is 383 g/mol. The van der Waals surface area contributed by atoms with E-state index < -0.39 is 6.10 Å². The quantitative estimate of drug-likeness (QED) is 0.657. The highest BCUT2D eigenvalue weighted by molar-refractivity contribution is 5.81. The Morgan fingerprint density at radius 2 is 1.75 bits per heavy atom. The lowest BCUT2D eigenvalue weighted by Crippen LogP contribution is -2.38. The van der Waals surface area contributed by atoms with E-state index in [1.807, 2.05) is 32.0 Å². The summed E-state index contributed by atoms with van der Waals surface area (Å²) in [4.78, 5) is 12.8. The molecule has 2 atom stereocenters. The SMILES string of the molecule is CC[C@H](NC(=O)[C@H](C)Oc1cc(C)ccc1C(C)C)c1ccc(OC)c(C)c1. The average Bonchev–Trinajstić information content (AvgIpc) is 2.65. The Morgan fingerprint density at radius 1 is 1.04 bits per heavy atom. The fraction of sp³-hybridized carbons (Fsp3) is 0.458. The molecule has 4 heteroatoms. The van der Waals surface area contributed by atoms with Gasteiger partial charge in [0.2, 0.25) is 0 Å². The Balaban J connectivity index is 2.12. The van der Waals surface area contributed by atoms with Crippen LogP contribution in [0.2, 0.25) is 0 Å². The Bertz CT molecular complexity index is 813. The van der Waals surface area contributed by atoms with Crippen LogP contribution in [0.3, 0.4) is 0 Å². The fourth-order valence-corrected chi connectivity index (χ4v) is 3.29. The minimum atomic E-state index is -0.576. The number of carbonyl (C=O) groups is 1. The third-order valence-electron chi connectivity index (χ3n) is 5.01. The summed E-state index contributed by atoms with van der Waals surface area (Å²) in [5.41, 5.74) is 4.35. The van der Waals surface area contributed by atoms with Crippen LogP contribution in [0.15, 0.2) is 36.4 Å². The standard InChI is InChI=1S/C24H33NO3/c1-8-21(19-10-12-22(27-7)17(5)14-19)25-24(26)18(6)28-23-13-16(4)9-11-20(23)15(2)3/h9-15,18,21H,8H2,1-7H3,(H,25,26)/t18-,21-/m0/s1. The van der Waals surface area contributed by atoms with Gasteiger partial charge in [-0.15, -0.1) is 0 Å². The highest BCUT2D eigenvalue weighted by Crippen LogP contribution is 2.29. The fourth-order valence-electron chi connectivity index (χ4n) is 3.29. The maximum atomic E-state index is 12.8. The van der Waals surface area contributed by atoms with E-state index in [4.69, 9.17) is 9.47 Å². The van der Waals surface area contributed by atoms with Crippen molar-refractivity contribution in [3.05, 3.63) is 58.7 Å². The van der Waals surface area contributed by atoms with Gasteiger partial charge in [0.15, 0.2) is 6.10 Å². The number of benzene rings is 2. The lowest BCUT2D eigenvalue weighted by atomic mass is 10.0. The van der Waals surface area contributed by atoms with E-state index in [1.165, 1.54) is 0 Å². The van der Waals surface area contributed by atoms with E-state index in [-0.39, 0.29) is 11.9 Å². The molecule has 0 aliphatic rings. The van der Waals surface area contributed by atoms with Gasteiger partial charge in [0.25, 0.3) is 5.91 Å². The normalized spacial score (nSPS) is 13.1. The number of rotatable bonds is 8. The van der Waals surface area contributed by atoms with Crippen molar-refractivity contribution in [2.75, 3.05) is 7.11 Å². The molecule has 2 aromatic rings. The summed E-state index contributed by atoms with van der Waals surface area (Å²) in [5.74, 6) is 1.85. The third-order valence-corrected chi connectivity index (χ3v) is 5.01. The molecule has 0 aliphatic carbocycles. The number of ether oxygens (including phenoxy) is 2. The van der Waals surface area contributed by atoms with Crippen LogP contribution in [0.25, 0.3) is 0 Å². The maximum absolute atomic E-state index is 12.8. The number of aryl methyl sites for hydroxylation is 2. The summed E-state index contributed by atoms with van der Waals surface area (Å²) in [6.45, 7) is 12.2. The van der Waals surface area contributed by atoms with Gasteiger partial charge in [-0.05, 0) is 67.5 Å². The zero-order valence-corrected chi connectivity index (χ0v) is 18.1. The van der Waals surface area contributed by atoms with Crippen LogP contribution in [-0.2, 0) is 4.79 Å². The molecule has 0 radical (unpaired) electrons. The van der Waals surface area contributed by atoms with Crippen LogP contribution in [0.1, 0.15) is 68.3 Å². The summed E-state index contributed by atoms with van der Waals surface area (Å²) < 4.78 is 11.4. The largest absolute Gasteiger partial charge is 0.496 e. The van der Waals surface area contributed by atoms with E-state index in [2.05, 4.69) is 44.3 Å². The van der Waals surface area contributed by atoms with Crippen molar-refractivity contribution in [2.45, 2.75) is 66.0 Å². The van der Waals surface area contributed by atoms with Crippen molar-refractivity contribution < 1.29 is 14.3 Å². The van der Waals surface area contributed by atoms with E-state index in [9.17, 15) is 4.79 Å². The summed E-state index contributed by atoms with van der Waals surface area (Å²) in [7, 11) is 1.66. The topological polar surface area (TPSA) is 47.6 Å². The maximum Gasteiger partial charge on any atom is 0.261 e. The van der Waals surface area contributed by atoms with Crippen molar-refractivity contribution in [3.63, 3.8) is 0 Å². The predicted octanol–water partition coefficient (Wildman–Crippen LogP) is 5.47. The zero-order chi connectivity index (χ0) is 20.8. The molecule has 0 spiro atoms. The van der Waals surface area contributed by atoms with Gasteiger partial charge in [-0.1, -0.05) is 45.0 Å². The van der Waals surface area contributed by atoms with Gasteiger partial charge in [0.1, 0.15) is 11.5 Å². The minimum Gasteiger partial charge on any atom is -0.496 e. The second kappa shape index (κ2) is 9.63. The summed E-state index contributed by atoms with van der Waals surface area (Å²) in [6.07, 6.45) is 0.221. The molecule has 0 saturated carbocycles. The van der Waals surface area contributed by atoms with Crippen molar-refractivity contribution in [3.8, 4) is 11.5 Å². The first-order valence-electron chi connectivity index (χ1n) is 9.98. The molecule has 2 aromatic carbocycles. The molecular formula is C24H33NO3. The molecule has 1 N–H and O–H groups in total. The van der Waals surface area contributed by atoms with Crippen molar-refractivity contribution >= 4 is 5.91 Å². The first-order valence-corrected chi connectivity index (χ1v) is 9.98. The average molecular weight is 384 g/mol. The molecule has 4 nitrogen and oxygen atoms in total. The van der Waals surface area contributed by atoms with Gasteiger partial charge in [-0.2, -0.15) is 0 Å². The highest BCUT2D eigenvalue weighted by Gasteiger charge is 2.21. The molecule has 0 saturated heterocycles. The van der Waals surface area contributed by atoms with Crippen molar-refractivity contribution in [1.82, 2.24) is 5.32 Å². The van der Waals surface area contributed by atoms with Crippen molar-refractivity contribution in [2.24, 2.45) is 0 Å². The molecule has 2 rings (SSSR count). The van der Waals surface area contributed by atoms with E-state index in [0.29, 0.717) is 5.92 Å². The van der Waals surface area contributed by atoms with E-state index >= 15 is 0 Å². The van der Waals surface area contributed by atoms with E-state index in [1.54, 1.807) is 14.0 Å². The minimum absolute atomic E-state index is 0.0646. The molecule has 1 amide bonds.